The largest absolute Gasteiger partial charge is 0.478 e. The first kappa shape index (κ1) is 12.6. The number of nitrogens with zero attached hydrogens (tertiary/aromatic N) is 1. The molecule has 5 nitrogen and oxygen atoms in total. The summed E-state index contributed by atoms with van der Waals surface area (Å²) in [6, 6.07) is 4.89. The summed E-state index contributed by atoms with van der Waals surface area (Å²) in [6.07, 6.45) is 1.23. The van der Waals surface area contributed by atoms with Gasteiger partial charge in [-0.1, -0.05) is 6.07 Å². The highest BCUT2D eigenvalue weighted by Crippen LogP contribution is 2.27. The predicted octanol–water partition coefficient (Wildman–Crippen LogP) is 1.35. The second-order valence-electron chi connectivity index (χ2n) is 4.28. The van der Waals surface area contributed by atoms with E-state index in [1.165, 1.54) is 0 Å². The molecule has 96 valence electrons. The molecular formula is C13H16N2O3. The molecule has 0 aliphatic carbocycles. The molecule has 18 heavy (non-hydrogen) atoms. The molecule has 0 spiro atoms. The number of carboxylic acids is 1. The van der Waals surface area contributed by atoms with Crippen LogP contribution in [0.3, 0.4) is 0 Å². The molecule has 0 aliphatic heterocycles. The van der Waals surface area contributed by atoms with Gasteiger partial charge in [-0.2, -0.15) is 0 Å². The molecule has 4 N–H and O–H groups in total. The Kier molecular flexibility index (Phi) is 3.36. The topological polar surface area (TPSA) is 88.5 Å². The number of hydrogen-bond acceptors (Lipinski definition) is 3. The zero-order valence-electron chi connectivity index (χ0n) is 10.1. The highest BCUT2D eigenvalue weighted by atomic mass is 16.4. The van der Waals surface area contributed by atoms with Gasteiger partial charge in [-0.05, 0) is 19.1 Å². The summed E-state index contributed by atoms with van der Waals surface area (Å²) in [5.74, 6) is -0.962. The minimum Gasteiger partial charge on any atom is -0.478 e. The van der Waals surface area contributed by atoms with Crippen LogP contribution in [0.1, 0.15) is 28.9 Å². The van der Waals surface area contributed by atoms with Crippen molar-refractivity contribution in [2.45, 2.75) is 19.6 Å². The summed E-state index contributed by atoms with van der Waals surface area (Å²) in [5.41, 5.74) is 7.34. The van der Waals surface area contributed by atoms with Crippen LogP contribution in [-0.4, -0.2) is 27.3 Å². The lowest BCUT2D eigenvalue weighted by atomic mass is 10.1. The summed E-state index contributed by atoms with van der Waals surface area (Å²) >= 11 is 0. The molecule has 1 aromatic heterocycles. The number of carboxylic acid groups (broad SMARTS) is 1. The van der Waals surface area contributed by atoms with Crippen LogP contribution < -0.4 is 5.73 Å². The zero-order chi connectivity index (χ0) is 13.3. The van der Waals surface area contributed by atoms with Crippen LogP contribution in [0.5, 0.6) is 0 Å². The van der Waals surface area contributed by atoms with Crippen molar-refractivity contribution in [2.24, 2.45) is 5.73 Å². The average Bonchev–Trinajstić information content (AvgIpc) is 2.68. The summed E-state index contributed by atoms with van der Waals surface area (Å²) in [4.78, 5) is 11.0. The first-order chi connectivity index (χ1) is 8.54. The van der Waals surface area contributed by atoms with Crippen molar-refractivity contribution >= 4 is 16.9 Å². The first-order valence-corrected chi connectivity index (χ1v) is 5.78. The summed E-state index contributed by atoms with van der Waals surface area (Å²) in [5, 5.41) is 19.6. The maximum atomic E-state index is 11.0. The third kappa shape index (κ3) is 2.10. The van der Waals surface area contributed by atoms with E-state index < -0.39 is 12.1 Å². The van der Waals surface area contributed by atoms with Crippen LogP contribution in [0, 0.1) is 0 Å². The van der Waals surface area contributed by atoms with Crippen LogP contribution in [0.25, 0.3) is 10.9 Å². The number of nitrogens with two attached hydrogens (primary N) is 1. The number of rotatable bonds is 4. The minimum atomic E-state index is -0.962. The SMILES string of the molecule is CC(O)c1cn(CCN)c2cc(C(=O)O)ccc12. The molecule has 0 amide bonds. The van der Waals surface area contributed by atoms with Crippen molar-refractivity contribution in [3.05, 3.63) is 35.5 Å². The van der Waals surface area contributed by atoms with E-state index in [-0.39, 0.29) is 5.56 Å². The van der Waals surface area contributed by atoms with E-state index in [0.717, 1.165) is 16.5 Å². The average molecular weight is 248 g/mol. The molecule has 1 unspecified atom stereocenters. The minimum absolute atomic E-state index is 0.232. The van der Waals surface area contributed by atoms with E-state index in [1.54, 1.807) is 25.1 Å². The van der Waals surface area contributed by atoms with Crippen LogP contribution >= 0.6 is 0 Å². The number of aliphatic hydroxyl groups excluding tert-OH is 1. The summed E-state index contributed by atoms with van der Waals surface area (Å²) < 4.78 is 1.88. The first-order valence-electron chi connectivity index (χ1n) is 5.78. The number of aromatic nitrogens is 1. The Morgan fingerprint density at radius 3 is 2.78 bits per heavy atom. The molecule has 0 saturated heterocycles. The highest BCUT2D eigenvalue weighted by Gasteiger charge is 2.14. The molecule has 2 aromatic rings. The molecule has 5 heteroatoms. The lowest BCUT2D eigenvalue weighted by Crippen LogP contribution is -2.09. The maximum Gasteiger partial charge on any atom is 0.335 e. The molecule has 0 fully saturated rings. The van der Waals surface area contributed by atoms with Gasteiger partial charge in [0, 0.05) is 35.8 Å². The van der Waals surface area contributed by atoms with Gasteiger partial charge >= 0.3 is 5.97 Å². The van der Waals surface area contributed by atoms with Crippen LogP contribution in [-0.2, 0) is 6.54 Å². The second kappa shape index (κ2) is 4.80. The van der Waals surface area contributed by atoms with E-state index in [2.05, 4.69) is 0 Å². The molecule has 0 bridgehead atoms. The van der Waals surface area contributed by atoms with Gasteiger partial charge in [0.2, 0.25) is 0 Å². The van der Waals surface area contributed by atoms with Crippen molar-refractivity contribution in [2.75, 3.05) is 6.54 Å². The fourth-order valence-corrected chi connectivity index (χ4v) is 2.11. The number of aromatic carboxylic acids is 1. The van der Waals surface area contributed by atoms with Gasteiger partial charge in [0.1, 0.15) is 0 Å². The Balaban J connectivity index is 2.67. The Bertz CT molecular complexity index is 587. The second-order valence-corrected chi connectivity index (χ2v) is 4.28. The Labute approximate surface area is 104 Å². The van der Waals surface area contributed by atoms with Gasteiger partial charge in [0.15, 0.2) is 0 Å². The van der Waals surface area contributed by atoms with E-state index in [1.807, 2.05) is 10.8 Å². The van der Waals surface area contributed by atoms with Crippen LogP contribution in [0.15, 0.2) is 24.4 Å². The molecule has 1 aromatic carbocycles. The molecule has 1 atom stereocenters. The maximum absolute atomic E-state index is 11.0. The standard InChI is InChI=1S/C13H16N2O3/c1-8(16)11-7-15(5-4-14)12-6-9(13(17)18)2-3-10(11)12/h2-3,6-8,16H,4-5,14H2,1H3,(H,17,18). The summed E-state index contributed by atoms with van der Waals surface area (Å²) in [6.45, 7) is 2.74. The van der Waals surface area contributed by atoms with Crippen LogP contribution in [0.2, 0.25) is 0 Å². The van der Waals surface area contributed by atoms with Crippen molar-refractivity contribution < 1.29 is 15.0 Å². The van der Waals surface area contributed by atoms with Crippen molar-refractivity contribution in [3.63, 3.8) is 0 Å². The highest BCUT2D eigenvalue weighted by molar-refractivity contribution is 5.94. The van der Waals surface area contributed by atoms with Gasteiger partial charge in [-0.15, -0.1) is 0 Å². The van der Waals surface area contributed by atoms with Crippen LogP contribution in [0.4, 0.5) is 0 Å². The number of carbonyl (C=O) groups is 1. The molecule has 2 rings (SSSR count). The van der Waals surface area contributed by atoms with Gasteiger partial charge in [-0.25, -0.2) is 4.79 Å². The lowest BCUT2D eigenvalue weighted by molar-refractivity contribution is 0.0697. The number of fused-ring (bicyclic) bond motifs is 1. The third-order valence-corrected chi connectivity index (χ3v) is 2.98. The van der Waals surface area contributed by atoms with E-state index >= 15 is 0 Å². The molecule has 1 heterocycles. The van der Waals surface area contributed by atoms with Gasteiger partial charge < -0.3 is 20.5 Å². The smallest absolute Gasteiger partial charge is 0.335 e. The van der Waals surface area contributed by atoms with Gasteiger partial charge in [0.05, 0.1) is 11.7 Å². The molecular weight excluding hydrogens is 232 g/mol. The summed E-state index contributed by atoms with van der Waals surface area (Å²) in [7, 11) is 0. The fraction of sp³-hybridized carbons (Fsp3) is 0.308. The Morgan fingerprint density at radius 1 is 1.50 bits per heavy atom. The van der Waals surface area contributed by atoms with E-state index in [9.17, 15) is 9.90 Å². The molecule has 0 radical (unpaired) electrons. The van der Waals surface area contributed by atoms with Crippen molar-refractivity contribution in [1.29, 1.82) is 0 Å². The van der Waals surface area contributed by atoms with Crippen molar-refractivity contribution in [1.82, 2.24) is 4.57 Å². The Hall–Kier alpha value is -1.85. The van der Waals surface area contributed by atoms with Gasteiger partial charge in [-0.3, -0.25) is 0 Å². The zero-order valence-corrected chi connectivity index (χ0v) is 10.1. The monoisotopic (exact) mass is 248 g/mol. The lowest BCUT2D eigenvalue weighted by Gasteiger charge is -2.03. The fourth-order valence-electron chi connectivity index (χ4n) is 2.11. The molecule has 0 aliphatic rings. The number of aliphatic hydroxyl groups is 1. The normalized spacial score (nSPS) is 12.8. The number of benzene rings is 1. The van der Waals surface area contributed by atoms with Gasteiger partial charge in [0.25, 0.3) is 0 Å². The molecule has 0 saturated carbocycles. The number of hydrogen-bond donors (Lipinski definition) is 3. The van der Waals surface area contributed by atoms with E-state index in [0.29, 0.717) is 13.1 Å². The third-order valence-electron chi connectivity index (χ3n) is 2.98. The van der Waals surface area contributed by atoms with E-state index in [4.69, 9.17) is 10.8 Å². The Morgan fingerprint density at radius 2 is 2.22 bits per heavy atom. The van der Waals surface area contributed by atoms with Crippen molar-refractivity contribution in [3.8, 4) is 0 Å². The quantitative estimate of drug-likeness (QED) is 0.762. The predicted molar refractivity (Wildman–Crippen MR) is 68.6 cm³/mol.